The zero-order valence-electron chi connectivity index (χ0n) is 10.1. The second-order valence-corrected chi connectivity index (χ2v) is 4.38. The minimum Gasteiger partial charge on any atom is -0.508 e. The van der Waals surface area contributed by atoms with Gasteiger partial charge in [-0.1, -0.05) is 6.07 Å². The first-order valence-electron chi connectivity index (χ1n) is 6.05. The number of hydrogen-bond donors (Lipinski definition) is 2. The number of aliphatic carboxylic acids is 1. The number of carboxylic acid groups (broad SMARTS) is 1. The highest BCUT2D eigenvalue weighted by Crippen LogP contribution is 2.19. The SMILES string of the molecule is O=C(O)[C@@H]1CCCN1CCOc1cccc(O)c1. The first-order valence-corrected chi connectivity index (χ1v) is 6.05. The molecule has 1 fully saturated rings. The predicted molar refractivity (Wildman–Crippen MR) is 65.8 cm³/mol. The topological polar surface area (TPSA) is 70.0 Å². The molecule has 0 unspecified atom stereocenters. The van der Waals surface area contributed by atoms with Crippen LogP contribution in [0, 0.1) is 0 Å². The summed E-state index contributed by atoms with van der Waals surface area (Å²) < 4.78 is 5.48. The molecule has 1 saturated heterocycles. The van der Waals surface area contributed by atoms with Gasteiger partial charge in [-0.15, -0.1) is 0 Å². The van der Waals surface area contributed by atoms with Crippen LogP contribution in [0.1, 0.15) is 12.8 Å². The van der Waals surface area contributed by atoms with Crippen molar-refractivity contribution in [3.05, 3.63) is 24.3 Å². The Bertz CT molecular complexity index is 421. The van der Waals surface area contributed by atoms with Crippen LogP contribution in [-0.2, 0) is 4.79 Å². The molecule has 18 heavy (non-hydrogen) atoms. The Kier molecular flexibility index (Phi) is 4.04. The molecule has 1 aliphatic heterocycles. The van der Waals surface area contributed by atoms with Crippen LogP contribution in [0.4, 0.5) is 0 Å². The fraction of sp³-hybridized carbons (Fsp3) is 0.462. The predicted octanol–water partition coefficient (Wildman–Crippen LogP) is 1.32. The second-order valence-electron chi connectivity index (χ2n) is 4.38. The van der Waals surface area contributed by atoms with Gasteiger partial charge in [-0.05, 0) is 31.5 Å². The van der Waals surface area contributed by atoms with E-state index in [0.717, 1.165) is 13.0 Å². The number of nitrogens with zero attached hydrogens (tertiary/aromatic N) is 1. The number of rotatable bonds is 5. The van der Waals surface area contributed by atoms with E-state index in [1.807, 2.05) is 4.90 Å². The van der Waals surface area contributed by atoms with Crippen molar-refractivity contribution in [3.8, 4) is 11.5 Å². The van der Waals surface area contributed by atoms with Crippen LogP contribution < -0.4 is 4.74 Å². The first kappa shape index (κ1) is 12.7. The molecule has 0 radical (unpaired) electrons. The summed E-state index contributed by atoms with van der Waals surface area (Å²) in [5.41, 5.74) is 0. The average molecular weight is 251 g/mol. The molecule has 2 rings (SSSR count). The van der Waals surface area contributed by atoms with Gasteiger partial charge < -0.3 is 14.9 Å². The number of likely N-dealkylation sites (tertiary alicyclic amines) is 1. The maximum Gasteiger partial charge on any atom is 0.320 e. The largest absolute Gasteiger partial charge is 0.508 e. The van der Waals surface area contributed by atoms with Crippen molar-refractivity contribution in [3.63, 3.8) is 0 Å². The Morgan fingerprint density at radius 1 is 1.50 bits per heavy atom. The first-order chi connectivity index (χ1) is 8.66. The van der Waals surface area contributed by atoms with E-state index in [4.69, 9.17) is 9.84 Å². The molecule has 1 aliphatic rings. The van der Waals surface area contributed by atoms with Crippen LogP contribution in [0.5, 0.6) is 11.5 Å². The molecule has 5 heteroatoms. The van der Waals surface area contributed by atoms with Crippen molar-refractivity contribution in [2.75, 3.05) is 19.7 Å². The van der Waals surface area contributed by atoms with Crippen molar-refractivity contribution >= 4 is 5.97 Å². The van der Waals surface area contributed by atoms with E-state index in [1.54, 1.807) is 24.3 Å². The third-order valence-electron chi connectivity index (χ3n) is 3.11. The summed E-state index contributed by atoms with van der Waals surface area (Å²) in [6.45, 7) is 1.82. The van der Waals surface area contributed by atoms with E-state index >= 15 is 0 Å². The zero-order valence-corrected chi connectivity index (χ0v) is 10.1. The quantitative estimate of drug-likeness (QED) is 0.826. The molecule has 5 nitrogen and oxygen atoms in total. The highest BCUT2D eigenvalue weighted by molar-refractivity contribution is 5.73. The Hall–Kier alpha value is -1.75. The van der Waals surface area contributed by atoms with Gasteiger partial charge >= 0.3 is 5.97 Å². The summed E-state index contributed by atoms with van der Waals surface area (Å²) in [5.74, 6) is 0.00279. The maximum absolute atomic E-state index is 11.0. The molecule has 0 amide bonds. The second kappa shape index (κ2) is 5.73. The van der Waals surface area contributed by atoms with Crippen LogP contribution in [0.3, 0.4) is 0 Å². The Morgan fingerprint density at radius 2 is 2.33 bits per heavy atom. The molecule has 1 aromatic carbocycles. The third-order valence-corrected chi connectivity index (χ3v) is 3.11. The van der Waals surface area contributed by atoms with Gasteiger partial charge in [0.2, 0.25) is 0 Å². The fourth-order valence-corrected chi connectivity index (χ4v) is 2.23. The van der Waals surface area contributed by atoms with Crippen molar-refractivity contribution < 1.29 is 19.7 Å². The number of benzene rings is 1. The van der Waals surface area contributed by atoms with E-state index < -0.39 is 5.97 Å². The van der Waals surface area contributed by atoms with Crippen molar-refractivity contribution in [1.29, 1.82) is 0 Å². The summed E-state index contributed by atoms with van der Waals surface area (Å²) in [4.78, 5) is 12.9. The maximum atomic E-state index is 11.0. The minimum absolute atomic E-state index is 0.164. The van der Waals surface area contributed by atoms with Gasteiger partial charge in [-0.2, -0.15) is 0 Å². The lowest BCUT2D eigenvalue weighted by Gasteiger charge is -2.20. The lowest BCUT2D eigenvalue weighted by Crippen LogP contribution is -2.38. The average Bonchev–Trinajstić information content (AvgIpc) is 2.77. The van der Waals surface area contributed by atoms with Crippen molar-refractivity contribution in [2.24, 2.45) is 0 Å². The molecule has 0 spiro atoms. The Morgan fingerprint density at radius 3 is 3.06 bits per heavy atom. The molecule has 2 N–H and O–H groups in total. The highest BCUT2D eigenvalue weighted by Gasteiger charge is 2.29. The fourth-order valence-electron chi connectivity index (χ4n) is 2.23. The summed E-state index contributed by atoms with van der Waals surface area (Å²) in [7, 11) is 0. The molecule has 0 aromatic heterocycles. The number of aromatic hydroxyl groups is 1. The van der Waals surface area contributed by atoms with E-state index in [9.17, 15) is 9.90 Å². The van der Waals surface area contributed by atoms with E-state index in [1.165, 1.54) is 0 Å². The van der Waals surface area contributed by atoms with Crippen LogP contribution >= 0.6 is 0 Å². The zero-order chi connectivity index (χ0) is 13.0. The molecule has 1 heterocycles. The molecule has 0 aliphatic carbocycles. The van der Waals surface area contributed by atoms with Gasteiger partial charge in [0.1, 0.15) is 24.1 Å². The molecular formula is C13H17NO4. The van der Waals surface area contributed by atoms with E-state index in [0.29, 0.717) is 25.3 Å². The van der Waals surface area contributed by atoms with Gasteiger partial charge in [-0.25, -0.2) is 0 Å². The molecule has 0 bridgehead atoms. The lowest BCUT2D eigenvalue weighted by atomic mass is 10.2. The molecule has 1 atom stereocenters. The normalized spacial score (nSPS) is 19.9. The smallest absolute Gasteiger partial charge is 0.320 e. The summed E-state index contributed by atoms with van der Waals surface area (Å²) in [6.07, 6.45) is 1.63. The van der Waals surface area contributed by atoms with Gasteiger partial charge in [0, 0.05) is 12.6 Å². The van der Waals surface area contributed by atoms with E-state index in [-0.39, 0.29) is 11.8 Å². The Labute approximate surface area is 106 Å². The van der Waals surface area contributed by atoms with Gasteiger partial charge in [-0.3, -0.25) is 9.69 Å². The standard InChI is InChI=1S/C13H17NO4/c15-10-3-1-4-11(9-10)18-8-7-14-6-2-5-12(14)13(16)17/h1,3-4,9,12,15H,2,5-8H2,(H,16,17)/t12-/m0/s1. The molecular weight excluding hydrogens is 234 g/mol. The van der Waals surface area contributed by atoms with Gasteiger partial charge in [0.05, 0.1) is 0 Å². The molecule has 0 saturated carbocycles. The molecule has 98 valence electrons. The number of phenols is 1. The number of ether oxygens (including phenoxy) is 1. The third kappa shape index (κ3) is 3.13. The summed E-state index contributed by atoms with van der Waals surface area (Å²) in [5, 5.41) is 18.3. The number of phenolic OH excluding ortho intramolecular Hbond substituents is 1. The summed E-state index contributed by atoms with van der Waals surface area (Å²) in [6, 6.07) is 6.21. The van der Waals surface area contributed by atoms with Crippen LogP contribution in [0.25, 0.3) is 0 Å². The molecule has 1 aromatic rings. The summed E-state index contributed by atoms with van der Waals surface area (Å²) >= 11 is 0. The lowest BCUT2D eigenvalue weighted by molar-refractivity contribution is -0.142. The Balaban J connectivity index is 1.80. The highest BCUT2D eigenvalue weighted by atomic mass is 16.5. The monoisotopic (exact) mass is 251 g/mol. The number of carboxylic acids is 1. The number of hydrogen-bond acceptors (Lipinski definition) is 4. The number of carbonyl (C=O) groups is 1. The minimum atomic E-state index is -0.759. The van der Waals surface area contributed by atoms with Crippen LogP contribution in [-0.4, -0.2) is 46.8 Å². The van der Waals surface area contributed by atoms with Gasteiger partial charge in [0.15, 0.2) is 0 Å². The van der Waals surface area contributed by atoms with Crippen molar-refractivity contribution in [1.82, 2.24) is 4.90 Å². The van der Waals surface area contributed by atoms with Crippen LogP contribution in [0.2, 0.25) is 0 Å². The van der Waals surface area contributed by atoms with Crippen LogP contribution in [0.15, 0.2) is 24.3 Å². The van der Waals surface area contributed by atoms with Crippen molar-refractivity contribution in [2.45, 2.75) is 18.9 Å². The van der Waals surface area contributed by atoms with E-state index in [2.05, 4.69) is 0 Å². The van der Waals surface area contributed by atoms with Gasteiger partial charge in [0.25, 0.3) is 0 Å².